The van der Waals surface area contributed by atoms with E-state index in [1.165, 1.54) is 12.1 Å². The molecule has 4 heteroatoms. The standard InChI is InChI=1S/C19H19NO3/c1-3-20-16-10-6-5-9-15(19(16)22)17(21)13-12-14-8-4-7-11-18(14)23-2/h4-13H,3H2,1-2H3,(H,20,22)/b13-12+. The van der Waals surface area contributed by atoms with Gasteiger partial charge in [0.1, 0.15) is 5.75 Å². The van der Waals surface area contributed by atoms with Crippen molar-refractivity contribution in [3.63, 3.8) is 0 Å². The minimum Gasteiger partial charge on any atom is -0.496 e. The van der Waals surface area contributed by atoms with Crippen LogP contribution >= 0.6 is 0 Å². The monoisotopic (exact) mass is 309 g/mol. The van der Waals surface area contributed by atoms with Crippen molar-refractivity contribution in [1.29, 1.82) is 0 Å². The van der Waals surface area contributed by atoms with Crippen LogP contribution in [0.4, 0.5) is 5.69 Å². The molecular formula is C19H19NO3. The maximum Gasteiger partial charge on any atom is 0.212 e. The van der Waals surface area contributed by atoms with Gasteiger partial charge in [-0.05, 0) is 37.3 Å². The highest BCUT2D eigenvalue weighted by Gasteiger charge is 2.09. The SMILES string of the molecule is CCNc1ccccc(C(=O)/C=C/c2ccccc2OC)c1=O. The zero-order valence-electron chi connectivity index (χ0n) is 13.2. The smallest absolute Gasteiger partial charge is 0.212 e. The van der Waals surface area contributed by atoms with E-state index in [0.29, 0.717) is 18.0 Å². The molecule has 0 spiro atoms. The lowest BCUT2D eigenvalue weighted by atomic mass is 10.1. The van der Waals surface area contributed by atoms with E-state index < -0.39 is 0 Å². The molecule has 0 saturated carbocycles. The minimum atomic E-state index is -0.337. The van der Waals surface area contributed by atoms with E-state index in [9.17, 15) is 9.59 Å². The summed E-state index contributed by atoms with van der Waals surface area (Å²) < 4.78 is 5.24. The van der Waals surface area contributed by atoms with Crippen LogP contribution in [0.5, 0.6) is 5.75 Å². The highest BCUT2D eigenvalue weighted by Crippen LogP contribution is 2.18. The van der Waals surface area contributed by atoms with Crippen LogP contribution < -0.4 is 15.5 Å². The topological polar surface area (TPSA) is 55.4 Å². The van der Waals surface area contributed by atoms with Crippen LogP contribution in [-0.2, 0) is 0 Å². The van der Waals surface area contributed by atoms with Crippen molar-refractivity contribution in [1.82, 2.24) is 0 Å². The van der Waals surface area contributed by atoms with Gasteiger partial charge in [-0.3, -0.25) is 9.59 Å². The molecule has 4 nitrogen and oxygen atoms in total. The number of ketones is 1. The van der Waals surface area contributed by atoms with E-state index in [1.54, 1.807) is 31.4 Å². The number of ether oxygens (including phenoxy) is 1. The van der Waals surface area contributed by atoms with Crippen molar-refractivity contribution in [2.45, 2.75) is 6.92 Å². The van der Waals surface area contributed by atoms with Crippen LogP contribution in [0.25, 0.3) is 6.08 Å². The molecule has 0 aliphatic carbocycles. The fourth-order valence-corrected chi connectivity index (χ4v) is 2.18. The van der Waals surface area contributed by atoms with Gasteiger partial charge in [0.25, 0.3) is 0 Å². The summed E-state index contributed by atoms with van der Waals surface area (Å²) in [6, 6.07) is 14.0. The average molecular weight is 309 g/mol. The molecule has 0 bridgehead atoms. The van der Waals surface area contributed by atoms with Gasteiger partial charge < -0.3 is 10.1 Å². The molecule has 0 atom stereocenters. The van der Waals surface area contributed by atoms with E-state index in [0.717, 1.165) is 5.56 Å². The second-order valence-corrected chi connectivity index (χ2v) is 4.84. The molecule has 23 heavy (non-hydrogen) atoms. The number of anilines is 1. The number of allylic oxidation sites excluding steroid dienone is 1. The summed E-state index contributed by atoms with van der Waals surface area (Å²) in [5.41, 5.74) is 1.04. The molecule has 0 saturated heterocycles. The van der Waals surface area contributed by atoms with Crippen LogP contribution in [0.15, 0.2) is 59.4 Å². The van der Waals surface area contributed by atoms with Gasteiger partial charge in [0.2, 0.25) is 5.43 Å². The lowest BCUT2D eigenvalue weighted by molar-refractivity contribution is 0.104. The zero-order chi connectivity index (χ0) is 16.7. The lowest BCUT2D eigenvalue weighted by Crippen LogP contribution is -2.15. The van der Waals surface area contributed by atoms with E-state index in [4.69, 9.17) is 4.74 Å². The van der Waals surface area contributed by atoms with Crippen molar-refractivity contribution in [2.75, 3.05) is 19.0 Å². The molecule has 1 N–H and O–H groups in total. The van der Waals surface area contributed by atoms with Gasteiger partial charge in [-0.2, -0.15) is 0 Å². The Labute approximate surface area is 135 Å². The Morgan fingerprint density at radius 2 is 1.83 bits per heavy atom. The number of para-hydroxylation sites is 1. The van der Waals surface area contributed by atoms with E-state index in [1.807, 2.05) is 31.2 Å². The molecular weight excluding hydrogens is 290 g/mol. The number of hydrogen-bond acceptors (Lipinski definition) is 4. The minimum absolute atomic E-state index is 0.136. The van der Waals surface area contributed by atoms with E-state index in [-0.39, 0.29) is 16.8 Å². The molecule has 0 radical (unpaired) electrons. The van der Waals surface area contributed by atoms with Crippen molar-refractivity contribution in [3.8, 4) is 5.75 Å². The Bertz CT molecular complexity index is 781. The summed E-state index contributed by atoms with van der Waals surface area (Å²) in [5, 5.41) is 2.97. The number of carbonyl (C=O) groups excluding carboxylic acids is 1. The van der Waals surface area contributed by atoms with Gasteiger partial charge in [-0.15, -0.1) is 0 Å². The number of carbonyl (C=O) groups is 1. The van der Waals surface area contributed by atoms with Crippen LogP contribution in [0, 0.1) is 0 Å². The molecule has 2 aromatic carbocycles. The number of nitrogens with one attached hydrogen (secondary N) is 1. The van der Waals surface area contributed by atoms with Crippen LogP contribution in [0.1, 0.15) is 22.8 Å². The van der Waals surface area contributed by atoms with Gasteiger partial charge in [0.15, 0.2) is 5.78 Å². The average Bonchev–Trinajstić information content (AvgIpc) is 2.75. The van der Waals surface area contributed by atoms with E-state index in [2.05, 4.69) is 5.32 Å². The van der Waals surface area contributed by atoms with Crippen LogP contribution in [0.3, 0.4) is 0 Å². The Hall–Kier alpha value is -2.88. The molecule has 0 heterocycles. The highest BCUT2D eigenvalue weighted by atomic mass is 16.5. The van der Waals surface area contributed by atoms with Crippen molar-refractivity contribution in [3.05, 3.63) is 76.0 Å². The molecule has 0 aliphatic heterocycles. The van der Waals surface area contributed by atoms with Gasteiger partial charge >= 0.3 is 0 Å². The van der Waals surface area contributed by atoms with Gasteiger partial charge in [-0.25, -0.2) is 0 Å². The second-order valence-electron chi connectivity index (χ2n) is 4.84. The number of benzene rings is 1. The first-order valence-electron chi connectivity index (χ1n) is 7.40. The number of rotatable bonds is 6. The summed E-state index contributed by atoms with van der Waals surface area (Å²) in [6.45, 7) is 2.51. The summed E-state index contributed by atoms with van der Waals surface area (Å²) >= 11 is 0. The Morgan fingerprint density at radius 3 is 2.57 bits per heavy atom. The quantitative estimate of drug-likeness (QED) is 0.656. The normalized spacial score (nSPS) is 10.5. The summed E-state index contributed by atoms with van der Waals surface area (Å²) in [7, 11) is 1.57. The van der Waals surface area contributed by atoms with Crippen molar-refractivity contribution in [2.24, 2.45) is 0 Å². The largest absolute Gasteiger partial charge is 0.496 e. The Kier molecular flexibility index (Phi) is 5.69. The third kappa shape index (κ3) is 4.07. The molecule has 2 aromatic rings. The first-order valence-corrected chi connectivity index (χ1v) is 7.40. The third-order valence-corrected chi connectivity index (χ3v) is 3.31. The lowest BCUT2D eigenvalue weighted by Gasteiger charge is -2.03. The predicted octanol–water partition coefficient (Wildman–Crippen LogP) is 3.38. The number of methoxy groups -OCH3 is 1. The van der Waals surface area contributed by atoms with Crippen LogP contribution in [-0.4, -0.2) is 19.4 Å². The Balaban J connectivity index is 2.35. The highest BCUT2D eigenvalue weighted by molar-refractivity contribution is 6.07. The molecule has 118 valence electrons. The van der Waals surface area contributed by atoms with Gasteiger partial charge in [0, 0.05) is 12.1 Å². The summed E-state index contributed by atoms with van der Waals surface area (Å²) in [5.74, 6) is 0.335. The second kappa shape index (κ2) is 7.94. The molecule has 0 aromatic heterocycles. The van der Waals surface area contributed by atoms with Crippen molar-refractivity contribution >= 4 is 17.5 Å². The fraction of sp³-hybridized carbons (Fsp3) is 0.158. The Morgan fingerprint density at radius 1 is 1.13 bits per heavy atom. The molecule has 0 amide bonds. The molecule has 2 rings (SSSR count). The maximum atomic E-state index is 12.4. The van der Waals surface area contributed by atoms with Gasteiger partial charge in [-0.1, -0.05) is 30.3 Å². The molecule has 0 unspecified atom stereocenters. The predicted molar refractivity (Wildman–Crippen MR) is 93.2 cm³/mol. The molecule has 0 aliphatic rings. The van der Waals surface area contributed by atoms with Crippen LogP contribution in [0.2, 0.25) is 0 Å². The summed E-state index contributed by atoms with van der Waals surface area (Å²) in [4.78, 5) is 24.8. The summed E-state index contributed by atoms with van der Waals surface area (Å²) in [6.07, 6.45) is 3.05. The number of hydrogen-bond donors (Lipinski definition) is 1. The van der Waals surface area contributed by atoms with Gasteiger partial charge in [0.05, 0.1) is 18.4 Å². The zero-order valence-corrected chi connectivity index (χ0v) is 13.2. The fourth-order valence-electron chi connectivity index (χ4n) is 2.18. The van der Waals surface area contributed by atoms with Crippen molar-refractivity contribution < 1.29 is 9.53 Å². The maximum absolute atomic E-state index is 12.4. The first-order chi connectivity index (χ1) is 11.2. The first kappa shape index (κ1) is 16.5. The van der Waals surface area contributed by atoms with E-state index >= 15 is 0 Å². The molecule has 0 fully saturated rings. The third-order valence-electron chi connectivity index (χ3n) is 3.31.